The lowest BCUT2D eigenvalue weighted by atomic mass is 9.55. The summed E-state index contributed by atoms with van der Waals surface area (Å²) in [7, 11) is 0. The normalized spacial score (nSPS) is 36.3. The number of aromatic nitrogens is 1. The molecule has 0 radical (unpaired) electrons. The number of hydrogen-bond donors (Lipinski definition) is 2. The highest BCUT2D eigenvalue weighted by Crippen LogP contribution is 2.54. The van der Waals surface area contributed by atoms with Gasteiger partial charge in [0.2, 0.25) is 5.91 Å². The summed E-state index contributed by atoms with van der Waals surface area (Å²) in [6.07, 6.45) is 17.9. The molecule has 3 aliphatic rings. The Balaban J connectivity index is 1.58. The summed E-state index contributed by atoms with van der Waals surface area (Å²) < 4.78 is 0. The number of carbonyl (C=O) groups is 2. The van der Waals surface area contributed by atoms with Gasteiger partial charge in [-0.2, -0.15) is 0 Å². The molecular formula is C32H38N2O2. The number of rotatable bonds is 2. The first-order valence-electron chi connectivity index (χ1n) is 13.4. The van der Waals surface area contributed by atoms with Gasteiger partial charge >= 0.3 is 0 Å². The molecule has 0 saturated carbocycles. The molecule has 0 unspecified atom stereocenters. The third-order valence-electron chi connectivity index (χ3n) is 8.79. The van der Waals surface area contributed by atoms with E-state index >= 15 is 0 Å². The number of ketones is 1. The fourth-order valence-electron chi connectivity index (χ4n) is 6.89. The van der Waals surface area contributed by atoms with Crippen LogP contribution >= 0.6 is 0 Å². The molecule has 1 aliphatic heterocycles. The van der Waals surface area contributed by atoms with Gasteiger partial charge in [-0.25, -0.2) is 0 Å². The molecule has 2 aromatic rings. The van der Waals surface area contributed by atoms with Crippen LogP contribution in [-0.2, 0) is 16.0 Å². The Hall–Kier alpha value is -3.14. The standard InChI is InChI=1S/C32H38N2O2/c1-20-10-5-8-15-29(35)32-25(12-9-11-21(2)16-20)17-22(3)23(4)30(32)28(34-31(32)36)18-24-19-33-27-14-7-6-13-26(24)27/h6-9,12-17,19,21,23,25,28,30,33H,5,10-11,18H2,1-4H3,(H,34,36)/b12-9+,15-8-,20-16+/t21-,23+,25-,28-,30-,32+/m0/s1. The first-order valence-corrected chi connectivity index (χ1v) is 13.4. The van der Waals surface area contributed by atoms with Crippen molar-refractivity contribution in [1.82, 2.24) is 10.3 Å². The van der Waals surface area contributed by atoms with E-state index in [9.17, 15) is 9.59 Å². The molecule has 5 rings (SSSR count). The number of para-hydroxylation sites is 1. The topological polar surface area (TPSA) is 62.0 Å². The first kappa shape index (κ1) is 24.5. The number of fused-ring (bicyclic) bond motifs is 1. The molecule has 36 heavy (non-hydrogen) atoms. The zero-order valence-electron chi connectivity index (χ0n) is 21.9. The number of aromatic amines is 1. The zero-order chi connectivity index (χ0) is 25.4. The monoisotopic (exact) mass is 482 g/mol. The molecule has 2 heterocycles. The van der Waals surface area contributed by atoms with Crippen molar-refractivity contribution in [3.8, 4) is 0 Å². The highest BCUT2D eigenvalue weighted by molar-refractivity contribution is 6.13. The average Bonchev–Trinajstić information content (AvgIpc) is 3.38. The number of H-pyrrole nitrogens is 1. The average molecular weight is 483 g/mol. The predicted molar refractivity (Wildman–Crippen MR) is 146 cm³/mol. The molecular weight excluding hydrogens is 444 g/mol. The second-order valence-electron chi connectivity index (χ2n) is 11.2. The Labute approximate surface area is 214 Å². The van der Waals surface area contributed by atoms with Crippen molar-refractivity contribution in [3.05, 3.63) is 83.6 Å². The van der Waals surface area contributed by atoms with Crippen LogP contribution in [-0.4, -0.2) is 22.7 Å². The van der Waals surface area contributed by atoms with E-state index in [1.54, 1.807) is 6.08 Å². The van der Waals surface area contributed by atoms with Crippen LogP contribution in [0.4, 0.5) is 0 Å². The van der Waals surface area contributed by atoms with Crippen molar-refractivity contribution < 1.29 is 9.59 Å². The minimum atomic E-state index is -1.11. The van der Waals surface area contributed by atoms with Crippen molar-refractivity contribution in [2.24, 2.45) is 29.1 Å². The molecule has 0 bridgehead atoms. The van der Waals surface area contributed by atoms with Gasteiger partial charge in [-0.1, -0.05) is 73.6 Å². The Bertz CT molecular complexity index is 1290. The van der Waals surface area contributed by atoms with Crippen LogP contribution in [0.1, 0.15) is 52.5 Å². The second kappa shape index (κ2) is 9.72. The van der Waals surface area contributed by atoms with Gasteiger partial charge in [-0.05, 0) is 69.1 Å². The smallest absolute Gasteiger partial charge is 0.235 e. The van der Waals surface area contributed by atoms with Crippen molar-refractivity contribution in [1.29, 1.82) is 0 Å². The van der Waals surface area contributed by atoms with Gasteiger partial charge in [-0.3, -0.25) is 9.59 Å². The summed E-state index contributed by atoms with van der Waals surface area (Å²) in [4.78, 5) is 31.4. The summed E-state index contributed by atoms with van der Waals surface area (Å²) in [5.41, 5.74) is 3.78. The van der Waals surface area contributed by atoms with Crippen LogP contribution in [0.3, 0.4) is 0 Å². The number of amides is 1. The SMILES string of the molecule is CC1=C[C@@H]2/C=C/C[C@H](C)/C=C(\C)CC/C=C\C(=O)[C@]23C(=O)N[C@@H](Cc2c[nH]c4ccccc24)[C@@H]3[C@@H]1C. The van der Waals surface area contributed by atoms with E-state index in [2.05, 4.69) is 80.6 Å². The van der Waals surface area contributed by atoms with E-state index in [-0.39, 0.29) is 35.5 Å². The number of carbonyl (C=O) groups excluding carboxylic acids is 2. The zero-order valence-corrected chi connectivity index (χ0v) is 21.9. The van der Waals surface area contributed by atoms with Gasteiger partial charge in [-0.15, -0.1) is 0 Å². The van der Waals surface area contributed by atoms with Crippen LogP contribution in [0.5, 0.6) is 0 Å². The van der Waals surface area contributed by atoms with Crippen LogP contribution in [0.25, 0.3) is 10.9 Å². The summed E-state index contributed by atoms with van der Waals surface area (Å²) in [5, 5.41) is 4.50. The molecule has 2 aliphatic carbocycles. The molecule has 6 atom stereocenters. The van der Waals surface area contributed by atoms with Gasteiger partial charge in [0, 0.05) is 35.0 Å². The van der Waals surface area contributed by atoms with E-state index in [1.807, 2.05) is 18.2 Å². The largest absolute Gasteiger partial charge is 0.361 e. The van der Waals surface area contributed by atoms with E-state index in [0.717, 1.165) is 24.8 Å². The van der Waals surface area contributed by atoms with Crippen molar-refractivity contribution >= 4 is 22.6 Å². The maximum Gasteiger partial charge on any atom is 0.235 e. The first-order chi connectivity index (χ1) is 17.3. The third-order valence-corrected chi connectivity index (χ3v) is 8.79. The number of hydrogen-bond acceptors (Lipinski definition) is 2. The lowest BCUT2D eigenvalue weighted by Gasteiger charge is -2.44. The van der Waals surface area contributed by atoms with E-state index in [0.29, 0.717) is 12.3 Å². The Morgan fingerprint density at radius 1 is 1.06 bits per heavy atom. The Morgan fingerprint density at radius 3 is 2.69 bits per heavy atom. The number of allylic oxidation sites excluding steroid dienone is 8. The van der Waals surface area contributed by atoms with Gasteiger partial charge < -0.3 is 10.3 Å². The maximum atomic E-state index is 14.1. The van der Waals surface area contributed by atoms with Crippen molar-refractivity contribution in [2.45, 2.75) is 59.4 Å². The lowest BCUT2D eigenvalue weighted by molar-refractivity contribution is -0.142. The van der Waals surface area contributed by atoms with Gasteiger partial charge in [0.15, 0.2) is 5.78 Å². The van der Waals surface area contributed by atoms with Crippen molar-refractivity contribution in [2.75, 3.05) is 0 Å². The Morgan fingerprint density at radius 2 is 1.86 bits per heavy atom. The summed E-state index contributed by atoms with van der Waals surface area (Å²) in [6.45, 7) is 8.74. The predicted octanol–water partition coefficient (Wildman–Crippen LogP) is 6.47. The van der Waals surface area contributed by atoms with Crippen LogP contribution in [0.15, 0.2) is 78.1 Å². The fourth-order valence-corrected chi connectivity index (χ4v) is 6.89. The van der Waals surface area contributed by atoms with E-state index in [4.69, 9.17) is 0 Å². The van der Waals surface area contributed by atoms with Crippen LogP contribution < -0.4 is 5.32 Å². The molecule has 1 amide bonds. The molecule has 4 nitrogen and oxygen atoms in total. The molecule has 4 heteroatoms. The molecule has 1 saturated heterocycles. The van der Waals surface area contributed by atoms with Gasteiger partial charge in [0.25, 0.3) is 0 Å². The van der Waals surface area contributed by atoms with Crippen LogP contribution in [0.2, 0.25) is 0 Å². The van der Waals surface area contributed by atoms with Gasteiger partial charge in [0.1, 0.15) is 5.41 Å². The summed E-state index contributed by atoms with van der Waals surface area (Å²) in [5.74, 6) is 0.0208. The highest BCUT2D eigenvalue weighted by atomic mass is 16.2. The Kier molecular flexibility index (Phi) is 6.63. The summed E-state index contributed by atoms with van der Waals surface area (Å²) >= 11 is 0. The maximum absolute atomic E-state index is 14.1. The fraction of sp³-hybridized carbons (Fsp3) is 0.438. The molecule has 1 aromatic carbocycles. The highest BCUT2D eigenvalue weighted by Gasteiger charge is 2.64. The molecule has 2 N–H and O–H groups in total. The number of nitrogens with one attached hydrogen (secondary N) is 2. The molecule has 1 aromatic heterocycles. The second-order valence-corrected chi connectivity index (χ2v) is 11.2. The molecule has 1 spiro atoms. The minimum absolute atomic E-state index is 0.0504. The lowest BCUT2D eigenvalue weighted by Crippen LogP contribution is -2.51. The minimum Gasteiger partial charge on any atom is -0.361 e. The molecule has 1 fully saturated rings. The van der Waals surface area contributed by atoms with E-state index in [1.165, 1.54) is 22.1 Å². The third kappa shape index (κ3) is 4.11. The van der Waals surface area contributed by atoms with Gasteiger partial charge in [0.05, 0.1) is 0 Å². The number of benzene rings is 1. The van der Waals surface area contributed by atoms with Crippen molar-refractivity contribution in [3.63, 3.8) is 0 Å². The van der Waals surface area contributed by atoms with E-state index < -0.39 is 5.41 Å². The van der Waals surface area contributed by atoms with Crippen LogP contribution in [0, 0.1) is 29.1 Å². The molecule has 188 valence electrons. The quantitative estimate of drug-likeness (QED) is 0.381. The summed E-state index contributed by atoms with van der Waals surface area (Å²) in [6, 6.07) is 8.17.